The van der Waals surface area contributed by atoms with E-state index in [0.717, 1.165) is 0 Å². The van der Waals surface area contributed by atoms with Crippen LogP contribution in [0.15, 0.2) is 30.3 Å². The standard InChI is InChI=1S/C14H12ClNO4S/c1-8-10(16(18)19)4-3-5-11(8)20-9(2)14(17)12-6-7-13(15)21-12/h3-7,9H,1-2H3. The van der Waals surface area contributed by atoms with Gasteiger partial charge < -0.3 is 4.74 Å². The van der Waals surface area contributed by atoms with E-state index < -0.39 is 11.0 Å². The number of rotatable bonds is 5. The van der Waals surface area contributed by atoms with Crippen LogP contribution in [0.1, 0.15) is 22.2 Å². The molecule has 5 nitrogen and oxygen atoms in total. The number of nitro groups is 1. The maximum Gasteiger partial charge on any atom is 0.276 e. The van der Waals surface area contributed by atoms with Crippen LogP contribution in [-0.4, -0.2) is 16.8 Å². The van der Waals surface area contributed by atoms with Gasteiger partial charge in [-0.05, 0) is 32.0 Å². The minimum absolute atomic E-state index is 0.0358. The summed E-state index contributed by atoms with van der Waals surface area (Å²) in [6, 6.07) is 7.81. The lowest BCUT2D eigenvalue weighted by atomic mass is 10.1. The van der Waals surface area contributed by atoms with E-state index in [0.29, 0.717) is 20.5 Å². The van der Waals surface area contributed by atoms with Crippen molar-refractivity contribution in [2.24, 2.45) is 0 Å². The van der Waals surface area contributed by atoms with Crippen LogP contribution in [0.2, 0.25) is 4.34 Å². The molecule has 1 aromatic heterocycles. The van der Waals surface area contributed by atoms with Crippen LogP contribution < -0.4 is 4.74 Å². The summed E-state index contributed by atoms with van der Waals surface area (Å²) in [7, 11) is 0. The lowest BCUT2D eigenvalue weighted by Gasteiger charge is -2.14. The molecule has 0 aliphatic carbocycles. The first kappa shape index (κ1) is 15.5. The van der Waals surface area contributed by atoms with E-state index in [9.17, 15) is 14.9 Å². The predicted octanol–water partition coefficient (Wildman–Crippen LogP) is 4.27. The third-order valence-electron chi connectivity index (χ3n) is 2.94. The Kier molecular flexibility index (Phi) is 4.59. The van der Waals surface area contributed by atoms with Crippen LogP contribution in [0.5, 0.6) is 5.75 Å². The molecule has 0 aliphatic rings. The highest BCUT2D eigenvalue weighted by atomic mass is 35.5. The highest BCUT2D eigenvalue weighted by Crippen LogP contribution is 2.29. The van der Waals surface area contributed by atoms with Gasteiger partial charge in [-0.2, -0.15) is 0 Å². The zero-order valence-electron chi connectivity index (χ0n) is 11.3. The Morgan fingerprint density at radius 3 is 2.67 bits per heavy atom. The maximum absolute atomic E-state index is 12.2. The fraction of sp³-hybridized carbons (Fsp3) is 0.214. The van der Waals surface area contributed by atoms with Crippen LogP contribution in [-0.2, 0) is 0 Å². The van der Waals surface area contributed by atoms with E-state index in [1.165, 1.54) is 23.5 Å². The predicted molar refractivity (Wildman–Crippen MR) is 81.6 cm³/mol. The van der Waals surface area contributed by atoms with Crippen LogP contribution in [0.3, 0.4) is 0 Å². The van der Waals surface area contributed by atoms with Crippen molar-refractivity contribution in [3.8, 4) is 5.75 Å². The lowest BCUT2D eigenvalue weighted by molar-refractivity contribution is -0.385. The molecular formula is C14H12ClNO4S. The van der Waals surface area contributed by atoms with Gasteiger partial charge in [0, 0.05) is 6.07 Å². The molecule has 0 amide bonds. The molecule has 0 radical (unpaired) electrons. The number of ketones is 1. The molecule has 1 unspecified atom stereocenters. The van der Waals surface area contributed by atoms with Gasteiger partial charge >= 0.3 is 0 Å². The molecule has 1 atom stereocenters. The van der Waals surface area contributed by atoms with Gasteiger partial charge in [0.25, 0.3) is 5.69 Å². The number of hydrogen-bond acceptors (Lipinski definition) is 5. The molecule has 1 aromatic carbocycles. The van der Waals surface area contributed by atoms with E-state index in [-0.39, 0.29) is 11.5 Å². The number of nitro benzene ring substituents is 1. The van der Waals surface area contributed by atoms with Crippen molar-refractivity contribution in [2.45, 2.75) is 20.0 Å². The highest BCUT2D eigenvalue weighted by molar-refractivity contribution is 7.18. The number of benzene rings is 1. The summed E-state index contributed by atoms with van der Waals surface area (Å²) in [6.07, 6.45) is -0.750. The second kappa shape index (κ2) is 6.24. The third kappa shape index (κ3) is 3.40. The Labute approximate surface area is 130 Å². The van der Waals surface area contributed by atoms with Crippen LogP contribution in [0, 0.1) is 17.0 Å². The maximum atomic E-state index is 12.2. The minimum atomic E-state index is -0.750. The van der Waals surface area contributed by atoms with Gasteiger partial charge in [-0.1, -0.05) is 17.7 Å². The van der Waals surface area contributed by atoms with Crippen LogP contribution in [0.4, 0.5) is 5.69 Å². The van der Waals surface area contributed by atoms with Crippen molar-refractivity contribution in [1.82, 2.24) is 0 Å². The van der Waals surface area contributed by atoms with E-state index in [1.807, 2.05) is 0 Å². The minimum Gasteiger partial charge on any atom is -0.482 e. The quantitative estimate of drug-likeness (QED) is 0.467. The van der Waals surface area contributed by atoms with Crippen molar-refractivity contribution < 1.29 is 14.5 Å². The molecule has 0 saturated carbocycles. The first-order chi connectivity index (χ1) is 9.90. The Balaban J connectivity index is 2.20. The first-order valence-corrected chi connectivity index (χ1v) is 7.30. The van der Waals surface area contributed by atoms with Gasteiger partial charge in [0.1, 0.15) is 5.75 Å². The fourth-order valence-electron chi connectivity index (χ4n) is 1.82. The molecule has 2 aromatic rings. The number of ether oxygens (including phenoxy) is 1. The fourth-order valence-corrected chi connectivity index (χ4v) is 2.88. The molecule has 0 bridgehead atoms. The molecule has 1 heterocycles. The molecule has 0 saturated heterocycles. The highest BCUT2D eigenvalue weighted by Gasteiger charge is 2.21. The van der Waals surface area contributed by atoms with Crippen LogP contribution in [0.25, 0.3) is 0 Å². The first-order valence-electron chi connectivity index (χ1n) is 6.10. The Morgan fingerprint density at radius 2 is 2.10 bits per heavy atom. The largest absolute Gasteiger partial charge is 0.482 e. The van der Waals surface area contributed by atoms with Crippen molar-refractivity contribution in [1.29, 1.82) is 0 Å². The Hall–Kier alpha value is -1.92. The summed E-state index contributed by atoms with van der Waals surface area (Å²) in [6.45, 7) is 3.20. The molecule has 0 fully saturated rings. The smallest absolute Gasteiger partial charge is 0.276 e. The summed E-state index contributed by atoms with van der Waals surface area (Å²) < 4.78 is 6.10. The van der Waals surface area contributed by atoms with Gasteiger partial charge in [-0.3, -0.25) is 14.9 Å². The lowest BCUT2D eigenvalue weighted by Crippen LogP contribution is -2.23. The van der Waals surface area contributed by atoms with Gasteiger partial charge in [-0.25, -0.2) is 0 Å². The van der Waals surface area contributed by atoms with Crippen molar-refractivity contribution >= 4 is 34.4 Å². The zero-order valence-corrected chi connectivity index (χ0v) is 12.9. The summed E-state index contributed by atoms with van der Waals surface area (Å²) in [4.78, 5) is 23.1. The number of nitrogens with zero attached hydrogens (tertiary/aromatic N) is 1. The molecule has 0 N–H and O–H groups in total. The van der Waals surface area contributed by atoms with Crippen LogP contribution >= 0.6 is 22.9 Å². The van der Waals surface area contributed by atoms with Crippen molar-refractivity contribution in [3.05, 3.63) is 55.2 Å². The number of carbonyl (C=O) groups excluding carboxylic acids is 1. The second-order valence-corrected chi connectivity index (χ2v) is 6.10. The van der Waals surface area contributed by atoms with E-state index in [4.69, 9.17) is 16.3 Å². The molecule has 2 rings (SSSR count). The summed E-state index contributed by atoms with van der Waals surface area (Å²) in [5.41, 5.74) is 0.359. The Bertz CT molecular complexity index is 698. The average molecular weight is 326 g/mol. The SMILES string of the molecule is Cc1c(OC(C)C(=O)c2ccc(Cl)s2)cccc1[N+](=O)[O-]. The number of thiophene rings is 1. The molecule has 21 heavy (non-hydrogen) atoms. The van der Waals surface area contributed by atoms with Crippen molar-refractivity contribution in [2.75, 3.05) is 0 Å². The number of halogens is 1. The zero-order chi connectivity index (χ0) is 15.6. The monoisotopic (exact) mass is 325 g/mol. The van der Waals surface area contributed by atoms with E-state index in [1.54, 1.807) is 32.0 Å². The van der Waals surface area contributed by atoms with Gasteiger partial charge in [-0.15, -0.1) is 11.3 Å². The normalized spacial score (nSPS) is 12.0. The van der Waals surface area contributed by atoms with Gasteiger partial charge in [0.15, 0.2) is 6.10 Å². The third-order valence-corrected chi connectivity index (χ3v) is 4.19. The number of carbonyl (C=O) groups is 1. The van der Waals surface area contributed by atoms with Crippen molar-refractivity contribution in [3.63, 3.8) is 0 Å². The molecular weight excluding hydrogens is 314 g/mol. The van der Waals surface area contributed by atoms with E-state index in [2.05, 4.69) is 0 Å². The van der Waals surface area contributed by atoms with Gasteiger partial charge in [0.2, 0.25) is 5.78 Å². The number of Topliss-reactive ketones (excluding diaryl/α,β-unsaturated/α-hetero) is 1. The molecule has 7 heteroatoms. The topological polar surface area (TPSA) is 69.4 Å². The molecule has 110 valence electrons. The summed E-state index contributed by atoms with van der Waals surface area (Å²) >= 11 is 6.98. The van der Waals surface area contributed by atoms with E-state index >= 15 is 0 Å². The van der Waals surface area contributed by atoms with Gasteiger partial charge in [0.05, 0.1) is 19.7 Å². The molecule has 0 spiro atoms. The Morgan fingerprint density at radius 1 is 1.38 bits per heavy atom. The molecule has 0 aliphatic heterocycles. The average Bonchev–Trinajstić information content (AvgIpc) is 2.86. The summed E-state index contributed by atoms with van der Waals surface area (Å²) in [5, 5.41) is 10.9. The summed E-state index contributed by atoms with van der Waals surface area (Å²) in [5.74, 6) is 0.116. The number of hydrogen-bond donors (Lipinski definition) is 0. The second-order valence-electron chi connectivity index (χ2n) is 4.39.